The maximum Gasteiger partial charge on any atom is 0.231 e. The maximum absolute atomic E-state index is 13.4. The van der Waals surface area contributed by atoms with Gasteiger partial charge in [0, 0.05) is 17.9 Å². The summed E-state index contributed by atoms with van der Waals surface area (Å²) in [7, 11) is 6.10. The number of methoxy groups -OCH3 is 4. The number of nitriles is 1. The van der Waals surface area contributed by atoms with Crippen molar-refractivity contribution < 1.29 is 28.8 Å². The highest BCUT2D eigenvalue weighted by atomic mass is 32.2. The van der Waals surface area contributed by atoms with Crippen LogP contribution in [0.4, 0.5) is 0 Å². The Morgan fingerprint density at radius 1 is 1.06 bits per heavy atom. The topological polar surface area (TPSA) is 101 Å². The zero-order valence-corrected chi connectivity index (χ0v) is 19.6. The average molecular weight is 469 g/mol. The maximum atomic E-state index is 13.4. The molecule has 2 atom stereocenters. The van der Waals surface area contributed by atoms with Crippen molar-refractivity contribution in [2.24, 2.45) is 0 Å². The molecule has 1 fully saturated rings. The number of carbonyl (C=O) groups is 1. The SMILES string of the molecule is COc1ccc([C@@]2(O)CSC3=C(C#N)[C@@H](c4cc(OC)c(OC)c(OC)c4)CC(=O)N32)cc1. The molecular formula is C24H24N2O6S. The average Bonchev–Trinajstić information content (AvgIpc) is 3.21. The van der Waals surface area contributed by atoms with Crippen LogP contribution < -0.4 is 18.9 Å². The van der Waals surface area contributed by atoms with E-state index in [4.69, 9.17) is 18.9 Å². The number of hydrogen-bond donors (Lipinski definition) is 1. The van der Waals surface area contributed by atoms with Gasteiger partial charge in [-0.25, -0.2) is 0 Å². The zero-order chi connectivity index (χ0) is 23.8. The van der Waals surface area contributed by atoms with Gasteiger partial charge in [0.05, 0.1) is 50.9 Å². The first-order valence-electron chi connectivity index (χ1n) is 10.2. The molecule has 2 heterocycles. The molecule has 2 aromatic rings. The summed E-state index contributed by atoms with van der Waals surface area (Å²) >= 11 is 1.29. The molecule has 0 bridgehead atoms. The van der Waals surface area contributed by atoms with E-state index >= 15 is 0 Å². The van der Waals surface area contributed by atoms with Gasteiger partial charge in [0.25, 0.3) is 0 Å². The standard InChI is InChI=1S/C24H24N2O6S/c1-29-16-7-5-15(6-8-16)24(28)13-33-23-18(12-25)17(11-21(27)26(23)24)14-9-19(30-2)22(32-4)20(10-14)31-3/h5-10,17,28H,11,13H2,1-4H3/t17-,24+/m1/s1. The Morgan fingerprint density at radius 3 is 2.21 bits per heavy atom. The molecular weight excluding hydrogens is 444 g/mol. The van der Waals surface area contributed by atoms with Crippen molar-refractivity contribution in [3.63, 3.8) is 0 Å². The van der Waals surface area contributed by atoms with E-state index in [2.05, 4.69) is 6.07 Å². The molecule has 1 N–H and O–H groups in total. The van der Waals surface area contributed by atoms with Crippen molar-refractivity contribution in [3.05, 3.63) is 58.1 Å². The molecule has 1 amide bonds. The van der Waals surface area contributed by atoms with Crippen LogP contribution in [-0.2, 0) is 10.5 Å². The fourth-order valence-corrected chi connectivity index (χ4v) is 5.64. The van der Waals surface area contributed by atoms with E-state index in [1.807, 2.05) is 0 Å². The van der Waals surface area contributed by atoms with Crippen molar-refractivity contribution in [1.29, 1.82) is 5.26 Å². The smallest absolute Gasteiger partial charge is 0.231 e. The van der Waals surface area contributed by atoms with E-state index in [1.54, 1.807) is 43.5 Å². The highest BCUT2D eigenvalue weighted by Gasteiger charge is 2.52. The summed E-state index contributed by atoms with van der Waals surface area (Å²) in [5, 5.41) is 22.1. The Bertz CT molecular complexity index is 1130. The van der Waals surface area contributed by atoms with Gasteiger partial charge in [-0.1, -0.05) is 12.1 Å². The number of benzene rings is 2. The summed E-state index contributed by atoms with van der Waals surface area (Å²) in [5.74, 6) is 1.40. The molecule has 0 spiro atoms. The molecule has 4 rings (SSSR count). The minimum atomic E-state index is -1.55. The molecule has 0 aromatic heterocycles. The largest absolute Gasteiger partial charge is 0.497 e. The fourth-order valence-electron chi connectivity index (χ4n) is 4.28. The Balaban J connectivity index is 1.80. The third-order valence-electron chi connectivity index (χ3n) is 5.95. The second-order valence-electron chi connectivity index (χ2n) is 7.61. The van der Waals surface area contributed by atoms with Crippen molar-refractivity contribution in [2.75, 3.05) is 34.2 Å². The highest BCUT2D eigenvalue weighted by molar-refractivity contribution is 8.03. The monoisotopic (exact) mass is 468 g/mol. The lowest BCUT2D eigenvalue weighted by atomic mass is 9.85. The van der Waals surface area contributed by atoms with E-state index in [-0.39, 0.29) is 18.1 Å². The number of carbonyl (C=O) groups excluding carboxylic acids is 1. The molecule has 0 saturated carbocycles. The highest BCUT2D eigenvalue weighted by Crippen LogP contribution is 2.53. The number of ether oxygens (including phenoxy) is 4. The van der Waals surface area contributed by atoms with Gasteiger partial charge in [0.15, 0.2) is 17.2 Å². The lowest BCUT2D eigenvalue weighted by Crippen LogP contribution is -2.48. The first-order valence-corrected chi connectivity index (χ1v) is 11.2. The van der Waals surface area contributed by atoms with Gasteiger partial charge in [-0.2, -0.15) is 5.26 Å². The Kier molecular flexibility index (Phi) is 6.15. The van der Waals surface area contributed by atoms with Gasteiger partial charge in [0.2, 0.25) is 11.7 Å². The minimum absolute atomic E-state index is 0.0179. The third kappa shape index (κ3) is 3.65. The number of nitrogens with zero attached hydrogens (tertiary/aromatic N) is 2. The molecule has 1 saturated heterocycles. The minimum Gasteiger partial charge on any atom is -0.497 e. The van der Waals surface area contributed by atoms with Crippen LogP contribution in [0.3, 0.4) is 0 Å². The van der Waals surface area contributed by atoms with E-state index in [1.165, 1.54) is 38.0 Å². The molecule has 2 aliphatic heterocycles. The Labute approximate surface area is 196 Å². The van der Waals surface area contributed by atoms with Crippen LogP contribution in [0.15, 0.2) is 47.0 Å². The van der Waals surface area contributed by atoms with Gasteiger partial charge in [-0.05, 0) is 29.8 Å². The van der Waals surface area contributed by atoms with Crippen LogP contribution in [0.5, 0.6) is 23.0 Å². The second-order valence-corrected chi connectivity index (χ2v) is 8.57. The van der Waals surface area contributed by atoms with Crippen molar-refractivity contribution >= 4 is 17.7 Å². The van der Waals surface area contributed by atoms with Crippen LogP contribution >= 0.6 is 11.8 Å². The quantitative estimate of drug-likeness (QED) is 0.689. The summed E-state index contributed by atoms with van der Waals surface area (Å²) in [6.45, 7) is 0. The van der Waals surface area contributed by atoms with E-state index in [0.29, 0.717) is 44.7 Å². The summed E-state index contributed by atoms with van der Waals surface area (Å²) < 4.78 is 21.5. The van der Waals surface area contributed by atoms with E-state index in [9.17, 15) is 15.2 Å². The summed E-state index contributed by atoms with van der Waals surface area (Å²) in [5.41, 5.74) is 0.120. The summed E-state index contributed by atoms with van der Waals surface area (Å²) in [6, 6.07) is 12.7. The molecule has 2 aromatic carbocycles. The first-order chi connectivity index (χ1) is 15.9. The van der Waals surface area contributed by atoms with Crippen molar-refractivity contribution in [2.45, 2.75) is 18.1 Å². The molecule has 33 heavy (non-hydrogen) atoms. The van der Waals surface area contributed by atoms with E-state index in [0.717, 1.165) is 0 Å². The number of rotatable bonds is 6. The molecule has 0 unspecified atom stereocenters. The van der Waals surface area contributed by atoms with Gasteiger partial charge < -0.3 is 24.1 Å². The van der Waals surface area contributed by atoms with Crippen LogP contribution in [0.25, 0.3) is 0 Å². The van der Waals surface area contributed by atoms with Gasteiger partial charge >= 0.3 is 0 Å². The van der Waals surface area contributed by atoms with Gasteiger partial charge in [-0.3, -0.25) is 9.69 Å². The lowest BCUT2D eigenvalue weighted by Gasteiger charge is -2.38. The molecule has 8 nitrogen and oxygen atoms in total. The first kappa shape index (κ1) is 22.8. The molecule has 9 heteroatoms. The van der Waals surface area contributed by atoms with Crippen LogP contribution in [0, 0.1) is 11.3 Å². The normalized spacial score (nSPS) is 22.0. The zero-order valence-electron chi connectivity index (χ0n) is 18.7. The lowest BCUT2D eigenvalue weighted by molar-refractivity contribution is -0.149. The fraction of sp³-hybridized carbons (Fsp3) is 0.333. The van der Waals surface area contributed by atoms with E-state index < -0.39 is 11.6 Å². The molecule has 2 aliphatic rings. The molecule has 172 valence electrons. The van der Waals surface area contributed by atoms with Gasteiger partial charge in [-0.15, -0.1) is 11.8 Å². The van der Waals surface area contributed by atoms with Crippen molar-refractivity contribution in [3.8, 4) is 29.1 Å². The Morgan fingerprint density at radius 2 is 1.70 bits per heavy atom. The number of aliphatic hydroxyl groups is 1. The summed E-state index contributed by atoms with van der Waals surface area (Å²) in [4.78, 5) is 14.7. The molecule has 0 radical (unpaired) electrons. The predicted molar refractivity (Wildman–Crippen MR) is 122 cm³/mol. The number of thioether (sulfide) groups is 1. The van der Waals surface area contributed by atoms with Crippen LogP contribution in [0.1, 0.15) is 23.5 Å². The second kappa shape index (κ2) is 8.89. The number of fused-ring (bicyclic) bond motifs is 1. The number of allylic oxidation sites excluding steroid dienone is 1. The van der Waals surface area contributed by atoms with Gasteiger partial charge in [0.1, 0.15) is 5.75 Å². The van der Waals surface area contributed by atoms with Crippen LogP contribution in [0.2, 0.25) is 0 Å². The van der Waals surface area contributed by atoms with Crippen LogP contribution in [-0.4, -0.2) is 50.1 Å². The number of amides is 1. The van der Waals surface area contributed by atoms with Crippen molar-refractivity contribution in [1.82, 2.24) is 4.90 Å². The number of hydrogen-bond acceptors (Lipinski definition) is 8. The summed E-state index contributed by atoms with van der Waals surface area (Å²) in [6.07, 6.45) is 0.0179. The third-order valence-corrected chi connectivity index (χ3v) is 7.18. The predicted octanol–water partition coefficient (Wildman–Crippen LogP) is 3.36. The Hall–Kier alpha value is -3.35. The molecule has 0 aliphatic carbocycles.